The Labute approximate surface area is 129 Å². The monoisotopic (exact) mass is 298 g/mol. The Morgan fingerprint density at radius 1 is 1.36 bits per heavy atom. The van der Waals surface area contributed by atoms with Gasteiger partial charge in [0.15, 0.2) is 0 Å². The number of amides is 1. The molecule has 0 spiro atoms. The van der Waals surface area contributed by atoms with Gasteiger partial charge in [-0.25, -0.2) is 0 Å². The highest BCUT2D eigenvalue weighted by Gasteiger charge is 2.27. The van der Waals surface area contributed by atoms with Crippen LogP contribution in [-0.4, -0.2) is 45.2 Å². The van der Waals surface area contributed by atoms with Gasteiger partial charge in [0.25, 0.3) is 0 Å². The van der Waals surface area contributed by atoms with Crippen LogP contribution in [0, 0.1) is 6.92 Å². The summed E-state index contributed by atoms with van der Waals surface area (Å²) in [5, 5.41) is 7.96. The Balaban J connectivity index is 1.53. The number of aromatic nitrogens is 3. The van der Waals surface area contributed by atoms with Crippen LogP contribution in [-0.2, 0) is 11.2 Å². The molecule has 1 amide bonds. The van der Waals surface area contributed by atoms with Crippen molar-refractivity contribution in [2.45, 2.75) is 25.9 Å². The van der Waals surface area contributed by atoms with Gasteiger partial charge in [0.05, 0.1) is 18.7 Å². The third-order valence-corrected chi connectivity index (χ3v) is 3.64. The van der Waals surface area contributed by atoms with Crippen LogP contribution >= 0.6 is 0 Å². The van der Waals surface area contributed by atoms with Crippen molar-refractivity contribution in [3.8, 4) is 5.88 Å². The first-order valence-corrected chi connectivity index (χ1v) is 7.34. The number of aryl methyl sites for hydroxylation is 1. The molecule has 1 atom stereocenters. The number of carbonyl (C=O) groups excluding carboxylic acids is 1. The molecule has 0 aromatic carbocycles. The van der Waals surface area contributed by atoms with Crippen molar-refractivity contribution in [3.63, 3.8) is 0 Å². The topological polar surface area (TPSA) is 68.2 Å². The molecule has 114 valence electrons. The molecule has 0 bridgehead atoms. The first-order valence-electron chi connectivity index (χ1n) is 7.34. The molecule has 0 N–H and O–H groups in total. The molecule has 3 heterocycles. The highest BCUT2D eigenvalue weighted by Crippen LogP contribution is 2.17. The maximum atomic E-state index is 12.3. The third kappa shape index (κ3) is 3.58. The van der Waals surface area contributed by atoms with Crippen LogP contribution in [0.3, 0.4) is 0 Å². The minimum absolute atomic E-state index is 0.0187. The first-order chi connectivity index (χ1) is 10.7. The molecule has 0 unspecified atom stereocenters. The normalized spacial score (nSPS) is 17.5. The number of nitrogens with zero attached hydrogens (tertiary/aromatic N) is 4. The molecule has 1 aliphatic rings. The molecule has 0 aliphatic carbocycles. The summed E-state index contributed by atoms with van der Waals surface area (Å²) >= 11 is 0. The second-order valence-corrected chi connectivity index (χ2v) is 5.42. The largest absolute Gasteiger partial charge is 0.471 e. The molecule has 6 nitrogen and oxygen atoms in total. The molecule has 2 aromatic rings. The van der Waals surface area contributed by atoms with E-state index in [1.165, 1.54) is 0 Å². The van der Waals surface area contributed by atoms with E-state index in [9.17, 15) is 4.79 Å². The highest BCUT2D eigenvalue weighted by molar-refractivity contribution is 5.79. The van der Waals surface area contributed by atoms with Crippen molar-refractivity contribution < 1.29 is 9.53 Å². The van der Waals surface area contributed by atoms with Crippen molar-refractivity contribution in [2.75, 3.05) is 13.1 Å². The summed E-state index contributed by atoms with van der Waals surface area (Å²) in [5.41, 5.74) is 1.79. The Morgan fingerprint density at radius 3 is 3.00 bits per heavy atom. The number of carbonyl (C=O) groups is 1. The maximum absolute atomic E-state index is 12.3. The predicted molar refractivity (Wildman–Crippen MR) is 80.3 cm³/mol. The van der Waals surface area contributed by atoms with Crippen LogP contribution in [0.1, 0.15) is 17.7 Å². The molecular weight excluding hydrogens is 280 g/mol. The highest BCUT2D eigenvalue weighted by atomic mass is 16.5. The lowest BCUT2D eigenvalue weighted by Crippen LogP contribution is -2.32. The van der Waals surface area contributed by atoms with Crippen molar-refractivity contribution >= 4 is 5.91 Å². The SMILES string of the molecule is Cc1ccc(O[C@H]2CCN(C(=O)Cc3cccnc3)C2)nn1. The van der Waals surface area contributed by atoms with E-state index in [0.29, 0.717) is 25.4 Å². The molecule has 3 rings (SSSR count). The average molecular weight is 298 g/mol. The number of pyridine rings is 1. The van der Waals surface area contributed by atoms with Gasteiger partial charge in [-0.15, -0.1) is 5.10 Å². The number of hydrogen-bond donors (Lipinski definition) is 0. The molecule has 1 saturated heterocycles. The van der Waals surface area contributed by atoms with Crippen LogP contribution in [0.2, 0.25) is 0 Å². The molecular formula is C16H18N4O2. The summed E-state index contributed by atoms with van der Waals surface area (Å²) in [6, 6.07) is 7.43. The van der Waals surface area contributed by atoms with Gasteiger partial charge in [-0.2, -0.15) is 5.10 Å². The van der Waals surface area contributed by atoms with Gasteiger partial charge >= 0.3 is 0 Å². The summed E-state index contributed by atoms with van der Waals surface area (Å²) < 4.78 is 5.78. The zero-order valence-corrected chi connectivity index (χ0v) is 12.5. The lowest BCUT2D eigenvalue weighted by Gasteiger charge is -2.16. The molecule has 6 heteroatoms. The third-order valence-electron chi connectivity index (χ3n) is 3.64. The quantitative estimate of drug-likeness (QED) is 0.853. The fraction of sp³-hybridized carbons (Fsp3) is 0.375. The van der Waals surface area contributed by atoms with Crippen molar-refractivity contribution in [2.24, 2.45) is 0 Å². The summed E-state index contributed by atoms with van der Waals surface area (Å²) in [7, 11) is 0. The number of ether oxygens (including phenoxy) is 1. The smallest absolute Gasteiger partial charge is 0.233 e. The van der Waals surface area contributed by atoms with Gasteiger partial charge in [0, 0.05) is 31.4 Å². The predicted octanol–water partition coefficient (Wildman–Crippen LogP) is 1.40. The van der Waals surface area contributed by atoms with E-state index >= 15 is 0 Å². The molecule has 22 heavy (non-hydrogen) atoms. The fourth-order valence-electron chi connectivity index (χ4n) is 2.46. The second kappa shape index (κ2) is 6.51. The summed E-state index contributed by atoms with van der Waals surface area (Å²) in [6.07, 6.45) is 4.61. The van der Waals surface area contributed by atoms with Gasteiger partial charge in [0.2, 0.25) is 11.8 Å². The summed E-state index contributed by atoms with van der Waals surface area (Å²) in [4.78, 5) is 18.1. The Kier molecular flexibility index (Phi) is 4.27. The van der Waals surface area contributed by atoms with Gasteiger partial charge in [-0.1, -0.05) is 6.07 Å². The van der Waals surface area contributed by atoms with Gasteiger partial charge in [-0.3, -0.25) is 9.78 Å². The zero-order chi connectivity index (χ0) is 15.4. The van der Waals surface area contributed by atoms with Crippen LogP contribution in [0.15, 0.2) is 36.7 Å². The van der Waals surface area contributed by atoms with E-state index < -0.39 is 0 Å². The summed E-state index contributed by atoms with van der Waals surface area (Å²) in [6.45, 7) is 3.18. The molecule has 1 aliphatic heterocycles. The fourth-order valence-corrected chi connectivity index (χ4v) is 2.46. The minimum Gasteiger partial charge on any atom is -0.471 e. The van der Waals surface area contributed by atoms with Crippen molar-refractivity contribution in [3.05, 3.63) is 47.9 Å². The number of hydrogen-bond acceptors (Lipinski definition) is 5. The summed E-state index contributed by atoms with van der Waals surface area (Å²) in [5.74, 6) is 0.617. The standard InChI is InChI=1S/C16H18N4O2/c1-12-4-5-15(19-18-12)22-14-6-8-20(11-14)16(21)9-13-3-2-7-17-10-13/h2-5,7,10,14H,6,8-9,11H2,1H3/t14-/m0/s1. The Morgan fingerprint density at radius 2 is 2.27 bits per heavy atom. The van der Waals surface area contributed by atoms with Crippen LogP contribution in [0.5, 0.6) is 5.88 Å². The Bertz CT molecular complexity index is 630. The number of rotatable bonds is 4. The maximum Gasteiger partial charge on any atom is 0.233 e. The molecule has 2 aromatic heterocycles. The van der Waals surface area contributed by atoms with E-state index in [2.05, 4.69) is 15.2 Å². The Hall–Kier alpha value is -2.50. The van der Waals surface area contributed by atoms with Gasteiger partial charge in [0.1, 0.15) is 6.10 Å². The molecule has 1 fully saturated rings. The lowest BCUT2D eigenvalue weighted by atomic mass is 10.2. The zero-order valence-electron chi connectivity index (χ0n) is 12.5. The van der Waals surface area contributed by atoms with E-state index in [-0.39, 0.29) is 12.0 Å². The molecule has 0 saturated carbocycles. The van der Waals surface area contributed by atoms with Crippen LogP contribution in [0.25, 0.3) is 0 Å². The second-order valence-electron chi connectivity index (χ2n) is 5.42. The average Bonchev–Trinajstić information content (AvgIpc) is 2.99. The van der Waals surface area contributed by atoms with E-state index in [0.717, 1.165) is 17.7 Å². The first kappa shape index (κ1) is 14.4. The van der Waals surface area contributed by atoms with E-state index in [1.807, 2.05) is 36.1 Å². The lowest BCUT2D eigenvalue weighted by molar-refractivity contribution is -0.129. The van der Waals surface area contributed by atoms with Crippen molar-refractivity contribution in [1.82, 2.24) is 20.1 Å². The van der Waals surface area contributed by atoms with Crippen LogP contribution in [0.4, 0.5) is 0 Å². The van der Waals surface area contributed by atoms with Gasteiger partial charge < -0.3 is 9.64 Å². The van der Waals surface area contributed by atoms with E-state index in [4.69, 9.17) is 4.74 Å². The van der Waals surface area contributed by atoms with Crippen molar-refractivity contribution in [1.29, 1.82) is 0 Å². The van der Waals surface area contributed by atoms with Gasteiger partial charge in [-0.05, 0) is 24.6 Å². The van der Waals surface area contributed by atoms with E-state index in [1.54, 1.807) is 12.4 Å². The molecule has 0 radical (unpaired) electrons. The number of likely N-dealkylation sites (tertiary alicyclic amines) is 1. The van der Waals surface area contributed by atoms with Crippen LogP contribution < -0.4 is 4.74 Å². The minimum atomic E-state index is -0.0187.